The van der Waals surface area contributed by atoms with Gasteiger partial charge in [0.05, 0.1) is 6.54 Å². The van der Waals surface area contributed by atoms with Gasteiger partial charge >= 0.3 is 0 Å². The normalized spacial score (nSPS) is 27.1. The highest BCUT2D eigenvalue weighted by Gasteiger charge is 2.26. The highest BCUT2D eigenvalue weighted by atomic mass is 16.2. The number of hydrogen-bond donors (Lipinski definition) is 1. The van der Waals surface area contributed by atoms with Crippen molar-refractivity contribution in [1.29, 1.82) is 0 Å². The van der Waals surface area contributed by atoms with Crippen LogP contribution in [0.15, 0.2) is 0 Å². The fourth-order valence-corrected chi connectivity index (χ4v) is 2.30. The van der Waals surface area contributed by atoms with Crippen LogP contribution in [0, 0.1) is 0 Å². The Balaban J connectivity index is 1.73. The van der Waals surface area contributed by atoms with E-state index in [1.54, 1.807) is 0 Å². The summed E-state index contributed by atoms with van der Waals surface area (Å²) in [5.74, 6) is 0.210. The van der Waals surface area contributed by atoms with Gasteiger partial charge in [0.25, 0.3) is 0 Å². The van der Waals surface area contributed by atoms with Crippen LogP contribution < -0.4 is 5.32 Å². The largest absolute Gasteiger partial charge is 0.352 e. The minimum Gasteiger partial charge on any atom is -0.352 e. The average Bonchev–Trinajstić information content (AvgIpc) is 3.01. The topological polar surface area (TPSA) is 35.6 Å². The van der Waals surface area contributed by atoms with Gasteiger partial charge in [-0.1, -0.05) is 0 Å². The second-order valence-electron chi connectivity index (χ2n) is 5.34. The average molecular weight is 225 g/mol. The van der Waals surface area contributed by atoms with E-state index < -0.39 is 0 Å². The lowest BCUT2D eigenvalue weighted by Crippen LogP contribution is -2.48. The molecule has 2 aliphatic rings. The van der Waals surface area contributed by atoms with Crippen LogP contribution in [0.25, 0.3) is 0 Å². The number of hydrogen-bond acceptors (Lipinski definition) is 3. The van der Waals surface area contributed by atoms with Crippen molar-refractivity contribution < 1.29 is 4.79 Å². The van der Waals surface area contributed by atoms with Gasteiger partial charge in [-0.05, 0) is 46.3 Å². The Kier molecular flexibility index (Phi) is 3.82. The maximum absolute atomic E-state index is 11.7. The first kappa shape index (κ1) is 11.9. The van der Waals surface area contributed by atoms with Gasteiger partial charge in [0, 0.05) is 18.6 Å². The van der Waals surface area contributed by atoms with Crippen molar-refractivity contribution in [2.24, 2.45) is 0 Å². The van der Waals surface area contributed by atoms with E-state index in [1.807, 2.05) is 0 Å². The number of piperidine rings is 1. The van der Waals surface area contributed by atoms with Crippen LogP contribution in [0.3, 0.4) is 0 Å². The van der Waals surface area contributed by atoms with E-state index in [0.29, 0.717) is 18.6 Å². The molecular weight excluding hydrogens is 202 g/mol. The van der Waals surface area contributed by atoms with Crippen molar-refractivity contribution in [3.8, 4) is 0 Å². The summed E-state index contributed by atoms with van der Waals surface area (Å²) in [6, 6.07) is 1.10. The maximum atomic E-state index is 11.7. The number of likely N-dealkylation sites (tertiary alicyclic amines) is 1. The monoisotopic (exact) mass is 225 g/mol. The number of carbonyl (C=O) groups excluding carboxylic acids is 1. The Labute approximate surface area is 98.0 Å². The van der Waals surface area contributed by atoms with Crippen LogP contribution in [-0.2, 0) is 4.79 Å². The van der Waals surface area contributed by atoms with Gasteiger partial charge in [-0.25, -0.2) is 0 Å². The zero-order valence-electron chi connectivity index (χ0n) is 10.4. The fourth-order valence-electron chi connectivity index (χ4n) is 2.30. The molecule has 1 unspecified atom stereocenters. The molecule has 92 valence electrons. The van der Waals surface area contributed by atoms with Gasteiger partial charge < -0.3 is 10.2 Å². The summed E-state index contributed by atoms with van der Waals surface area (Å²) in [6.07, 6.45) is 4.81. The van der Waals surface area contributed by atoms with E-state index >= 15 is 0 Å². The van der Waals surface area contributed by atoms with Crippen molar-refractivity contribution >= 4 is 5.91 Å². The molecule has 1 atom stereocenters. The Morgan fingerprint density at radius 2 is 2.12 bits per heavy atom. The van der Waals surface area contributed by atoms with Crippen molar-refractivity contribution in [3.05, 3.63) is 0 Å². The Morgan fingerprint density at radius 1 is 1.38 bits per heavy atom. The molecule has 1 aliphatic carbocycles. The molecule has 1 aliphatic heterocycles. The summed E-state index contributed by atoms with van der Waals surface area (Å²) in [5.41, 5.74) is 0. The molecular formula is C12H23N3O. The lowest BCUT2D eigenvalue weighted by molar-refractivity contribution is -0.122. The van der Waals surface area contributed by atoms with Crippen LogP contribution in [0.4, 0.5) is 0 Å². The molecule has 0 bridgehead atoms. The molecule has 0 aromatic rings. The van der Waals surface area contributed by atoms with Crippen LogP contribution >= 0.6 is 0 Å². The summed E-state index contributed by atoms with van der Waals surface area (Å²) < 4.78 is 0. The fraction of sp³-hybridized carbons (Fsp3) is 0.917. The number of likely N-dealkylation sites (N-methyl/N-ethyl adjacent to an activating group) is 1. The molecule has 4 nitrogen and oxygen atoms in total. The van der Waals surface area contributed by atoms with E-state index in [-0.39, 0.29) is 5.91 Å². The molecule has 1 heterocycles. The zero-order chi connectivity index (χ0) is 11.5. The van der Waals surface area contributed by atoms with Gasteiger partial charge in [-0.2, -0.15) is 0 Å². The lowest BCUT2D eigenvalue weighted by atomic mass is 10.1. The van der Waals surface area contributed by atoms with Crippen LogP contribution in [0.2, 0.25) is 0 Å². The van der Waals surface area contributed by atoms with E-state index in [0.717, 1.165) is 13.1 Å². The van der Waals surface area contributed by atoms with Crippen LogP contribution in [-0.4, -0.2) is 61.5 Å². The second-order valence-corrected chi connectivity index (χ2v) is 5.34. The summed E-state index contributed by atoms with van der Waals surface area (Å²) in [5, 5.41) is 3.05. The Morgan fingerprint density at radius 3 is 2.75 bits per heavy atom. The Bertz CT molecular complexity index is 251. The van der Waals surface area contributed by atoms with Crippen LogP contribution in [0.1, 0.15) is 25.7 Å². The molecule has 0 radical (unpaired) electrons. The summed E-state index contributed by atoms with van der Waals surface area (Å²) in [4.78, 5) is 16.2. The predicted octanol–water partition coefficient (Wildman–Crippen LogP) is 0.291. The first-order chi connectivity index (χ1) is 7.65. The van der Waals surface area contributed by atoms with Gasteiger partial charge in [-0.15, -0.1) is 0 Å². The lowest BCUT2D eigenvalue weighted by Gasteiger charge is -2.35. The SMILES string of the molecule is CN(C)C1CCCN(CC(=O)NC2CC2)C1. The van der Waals surface area contributed by atoms with Crippen molar-refractivity contribution in [1.82, 2.24) is 15.1 Å². The smallest absolute Gasteiger partial charge is 0.234 e. The summed E-state index contributed by atoms with van der Waals surface area (Å²) >= 11 is 0. The van der Waals surface area contributed by atoms with E-state index in [2.05, 4.69) is 29.2 Å². The highest BCUT2D eigenvalue weighted by molar-refractivity contribution is 5.78. The molecule has 1 amide bonds. The van der Waals surface area contributed by atoms with E-state index in [9.17, 15) is 4.79 Å². The first-order valence-corrected chi connectivity index (χ1v) is 6.33. The highest BCUT2D eigenvalue weighted by Crippen LogP contribution is 2.18. The van der Waals surface area contributed by atoms with Gasteiger partial charge in [-0.3, -0.25) is 9.69 Å². The van der Waals surface area contributed by atoms with Gasteiger partial charge in [0.1, 0.15) is 0 Å². The second kappa shape index (κ2) is 5.15. The molecule has 2 rings (SSSR count). The Hall–Kier alpha value is -0.610. The minimum atomic E-state index is 0.210. The molecule has 4 heteroatoms. The molecule has 0 aromatic carbocycles. The standard InChI is InChI=1S/C12H23N3O/c1-14(2)11-4-3-7-15(8-11)9-12(16)13-10-5-6-10/h10-11H,3-9H2,1-2H3,(H,13,16). The van der Waals surface area contributed by atoms with Crippen molar-refractivity contribution in [3.63, 3.8) is 0 Å². The predicted molar refractivity (Wildman–Crippen MR) is 64.3 cm³/mol. The molecule has 0 spiro atoms. The third kappa shape index (κ3) is 3.46. The summed E-state index contributed by atoms with van der Waals surface area (Å²) in [7, 11) is 4.25. The zero-order valence-corrected chi connectivity index (χ0v) is 10.4. The number of amides is 1. The van der Waals surface area contributed by atoms with Crippen molar-refractivity contribution in [2.75, 3.05) is 33.7 Å². The molecule has 16 heavy (non-hydrogen) atoms. The van der Waals surface area contributed by atoms with Crippen LogP contribution in [0.5, 0.6) is 0 Å². The quantitative estimate of drug-likeness (QED) is 0.747. The first-order valence-electron chi connectivity index (χ1n) is 6.33. The minimum absolute atomic E-state index is 0.210. The molecule has 0 aromatic heterocycles. The molecule has 2 fully saturated rings. The van der Waals surface area contributed by atoms with Gasteiger partial charge in [0.15, 0.2) is 0 Å². The van der Waals surface area contributed by atoms with Crippen molar-refractivity contribution in [2.45, 2.75) is 37.8 Å². The number of nitrogens with zero attached hydrogens (tertiary/aromatic N) is 2. The summed E-state index contributed by atoms with van der Waals surface area (Å²) in [6.45, 7) is 2.69. The molecule has 1 saturated heterocycles. The third-order valence-corrected chi connectivity index (χ3v) is 3.52. The number of carbonyl (C=O) groups is 1. The number of nitrogens with one attached hydrogen (secondary N) is 1. The third-order valence-electron chi connectivity index (χ3n) is 3.52. The number of rotatable bonds is 4. The van der Waals surface area contributed by atoms with E-state index in [1.165, 1.54) is 25.7 Å². The molecule has 1 saturated carbocycles. The van der Waals surface area contributed by atoms with E-state index in [4.69, 9.17) is 0 Å². The van der Waals surface area contributed by atoms with Gasteiger partial charge in [0.2, 0.25) is 5.91 Å². The molecule has 1 N–H and O–H groups in total. The maximum Gasteiger partial charge on any atom is 0.234 e.